The SMILES string of the molecule is CC(=O)NCC(O)C(O)c1cc(C)c(Cl)cc1F. The van der Waals surface area contributed by atoms with E-state index in [0.717, 1.165) is 6.07 Å². The Hall–Kier alpha value is -1.17. The summed E-state index contributed by atoms with van der Waals surface area (Å²) in [5.74, 6) is -1.03. The van der Waals surface area contributed by atoms with Gasteiger partial charge in [0, 0.05) is 24.1 Å². The van der Waals surface area contributed by atoms with E-state index in [2.05, 4.69) is 5.32 Å². The molecule has 0 bridgehead atoms. The average Bonchev–Trinajstić information content (AvgIpc) is 2.29. The molecule has 4 nitrogen and oxygen atoms in total. The van der Waals surface area contributed by atoms with E-state index in [-0.39, 0.29) is 23.0 Å². The van der Waals surface area contributed by atoms with E-state index < -0.39 is 18.0 Å². The lowest BCUT2D eigenvalue weighted by Gasteiger charge is -2.19. The molecule has 0 radical (unpaired) electrons. The van der Waals surface area contributed by atoms with Crippen molar-refractivity contribution in [3.8, 4) is 0 Å². The van der Waals surface area contributed by atoms with Crippen LogP contribution in [0.2, 0.25) is 5.02 Å². The van der Waals surface area contributed by atoms with Crippen molar-refractivity contribution in [1.82, 2.24) is 5.32 Å². The zero-order chi connectivity index (χ0) is 13.9. The maximum absolute atomic E-state index is 13.6. The number of aliphatic hydroxyl groups is 2. The number of aliphatic hydroxyl groups excluding tert-OH is 2. The number of benzene rings is 1. The van der Waals surface area contributed by atoms with Gasteiger partial charge in [0.25, 0.3) is 0 Å². The summed E-state index contributed by atoms with van der Waals surface area (Å²) in [4.78, 5) is 10.7. The largest absolute Gasteiger partial charge is 0.388 e. The Kier molecular flexibility index (Phi) is 5.07. The minimum atomic E-state index is -1.42. The highest BCUT2D eigenvalue weighted by atomic mass is 35.5. The van der Waals surface area contributed by atoms with Crippen LogP contribution in [0.3, 0.4) is 0 Å². The molecule has 0 saturated heterocycles. The van der Waals surface area contributed by atoms with Crippen molar-refractivity contribution in [1.29, 1.82) is 0 Å². The summed E-state index contributed by atoms with van der Waals surface area (Å²) >= 11 is 5.73. The predicted molar refractivity (Wildman–Crippen MR) is 65.8 cm³/mol. The summed E-state index contributed by atoms with van der Waals surface area (Å²) in [6.07, 6.45) is -2.71. The van der Waals surface area contributed by atoms with Gasteiger partial charge in [-0.2, -0.15) is 0 Å². The molecule has 1 rings (SSSR count). The fourth-order valence-corrected chi connectivity index (χ4v) is 1.62. The first-order chi connectivity index (χ1) is 8.32. The Bertz CT molecular complexity index is 453. The van der Waals surface area contributed by atoms with Gasteiger partial charge in [-0.1, -0.05) is 11.6 Å². The molecule has 0 saturated carbocycles. The summed E-state index contributed by atoms with van der Waals surface area (Å²) < 4.78 is 13.6. The van der Waals surface area contributed by atoms with Crippen LogP contribution in [-0.4, -0.2) is 28.8 Å². The number of carbonyl (C=O) groups is 1. The number of carbonyl (C=O) groups excluding carboxylic acids is 1. The third kappa shape index (κ3) is 3.66. The molecule has 6 heteroatoms. The van der Waals surface area contributed by atoms with Crippen molar-refractivity contribution in [3.63, 3.8) is 0 Å². The Balaban J connectivity index is 2.86. The van der Waals surface area contributed by atoms with E-state index in [4.69, 9.17) is 11.6 Å². The second-order valence-corrected chi connectivity index (χ2v) is 4.48. The average molecular weight is 276 g/mol. The predicted octanol–water partition coefficient (Wildman–Crippen LogP) is 1.32. The lowest BCUT2D eigenvalue weighted by molar-refractivity contribution is -0.119. The number of halogens is 2. The van der Waals surface area contributed by atoms with Crippen LogP contribution >= 0.6 is 11.6 Å². The molecule has 1 aromatic rings. The van der Waals surface area contributed by atoms with Crippen LogP contribution in [-0.2, 0) is 4.79 Å². The lowest BCUT2D eigenvalue weighted by Crippen LogP contribution is -2.34. The molecular weight excluding hydrogens is 261 g/mol. The van der Waals surface area contributed by atoms with Gasteiger partial charge in [-0.25, -0.2) is 4.39 Å². The minimum absolute atomic E-state index is 0.0465. The van der Waals surface area contributed by atoms with Crippen LogP contribution in [0, 0.1) is 12.7 Å². The van der Waals surface area contributed by atoms with Gasteiger partial charge in [0.1, 0.15) is 18.0 Å². The molecule has 0 aliphatic carbocycles. The van der Waals surface area contributed by atoms with Gasteiger partial charge in [0.05, 0.1) is 0 Å². The maximum Gasteiger partial charge on any atom is 0.216 e. The first kappa shape index (κ1) is 14.9. The molecule has 0 heterocycles. The number of aryl methyl sites for hydroxylation is 1. The second kappa shape index (κ2) is 6.13. The van der Waals surface area contributed by atoms with Gasteiger partial charge in [0.2, 0.25) is 5.91 Å². The molecule has 0 fully saturated rings. The van der Waals surface area contributed by atoms with E-state index in [0.29, 0.717) is 5.56 Å². The molecule has 0 spiro atoms. The Morgan fingerprint density at radius 2 is 2.11 bits per heavy atom. The fourth-order valence-electron chi connectivity index (χ4n) is 1.47. The van der Waals surface area contributed by atoms with E-state index in [1.54, 1.807) is 6.92 Å². The molecule has 0 aliphatic heterocycles. The summed E-state index contributed by atoms with van der Waals surface area (Å²) in [5.41, 5.74) is 0.550. The first-order valence-corrected chi connectivity index (χ1v) is 5.76. The van der Waals surface area contributed by atoms with Crippen molar-refractivity contribution in [2.45, 2.75) is 26.1 Å². The lowest BCUT2D eigenvalue weighted by atomic mass is 10.0. The van der Waals surface area contributed by atoms with Crippen LogP contribution in [0.15, 0.2) is 12.1 Å². The van der Waals surface area contributed by atoms with E-state index in [9.17, 15) is 19.4 Å². The van der Waals surface area contributed by atoms with Gasteiger partial charge < -0.3 is 15.5 Å². The van der Waals surface area contributed by atoms with E-state index in [1.807, 2.05) is 0 Å². The molecule has 1 amide bonds. The number of hydrogen-bond acceptors (Lipinski definition) is 3. The maximum atomic E-state index is 13.6. The molecule has 1 aromatic carbocycles. The van der Waals surface area contributed by atoms with E-state index >= 15 is 0 Å². The highest BCUT2D eigenvalue weighted by Crippen LogP contribution is 2.26. The second-order valence-electron chi connectivity index (χ2n) is 4.07. The molecular formula is C12H15ClFNO3. The van der Waals surface area contributed by atoms with Gasteiger partial charge in [-0.3, -0.25) is 4.79 Å². The molecule has 0 aliphatic rings. The number of hydrogen-bond donors (Lipinski definition) is 3. The summed E-state index contributed by atoms with van der Waals surface area (Å²) in [5, 5.41) is 22.0. The van der Waals surface area contributed by atoms with Gasteiger partial charge in [0.15, 0.2) is 0 Å². The molecule has 0 aromatic heterocycles. The quantitative estimate of drug-likeness (QED) is 0.776. The Morgan fingerprint density at radius 1 is 1.50 bits per heavy atom. The highest BCUT2D eigenvalue weighted by Gasteiger charge is 2.22. The zero-order valence-corrected chi connectivity index (χ0v) is 10.8. The monoisotopic (exact) mass is 275 g/mol. The van der Waals surface area contributed by atoms with Crippen LogP contribution in [0.25, 0.3) is 0 Å². The van der Waals surface area contributed by atoms with Crippen molar-refractivity contribution in [2.24, 2.45) is 0 Å². The summed E-state index contributed by atoms with van der Waals surface area (Å²) in [6.45, 7) is 2.79. The van der Waals surface area contributed by atoms with Crippen molar-refractivity contribution in [2.75, 3.05) is 6.54 Å². The van der Waals surface area contributed by atoms with Crippen LogP contribution in [0.5, 0.6) is 0 Å². The Labute approximate surface area is 109 Å². The topological polar surface area (TPSA) is 69.6 Å². The summed E-state index contributed by atoms with van der Waals surface area (Å²) in [6, 6.07) is 2.46. The molecule has 2 unspecified atom stereocenters. The number of rotatable bonds is 4. The van der Waals surface area contributed by atoms with Crippen molar-refractivity contribution >= 4 is 17.5 Å². The van der Waals surface area contributed by atoms with Crippen LogP contribution < -0.4 is 5.32 Å². The van der Waals surface area contributed by atoms with Crippen LogP contribution in [0.1, 0.15) is 24.2 Å². The fraction of sp³-hybridized carbons (Fsp3) is 0.417. The summed E-state index contributed by atoms with van der Waals surface area (Å²) in [7, 11) is 0. The molecule has 100 valence electrons. The normalized spacial score (nSPS) is 14.1. The third-order valence-electron chi connectivity index (χ3n) is 2.52. The van der Waals surface area contributed by atoms with Gasteiger partial charge in [-0.05, 0) is 24.6 Å². The molecule has 3 N–H and O–H groups in total. The van der Waals surface area contributed by atoms with Crippen molar-refractivity contribution in [3.05, 3.63) is 34.1 Å². The number of amides is 1. The molecule has 18 heavy (non-hydrogen) atoms. The first-order valence-electron chi connectivity index (χ1n) is 5.39. The molecule has 2 atom stereocenters. The van der Waals surface area contributed by atoms with Gasteiger partial charge in [-0.15, -0.1) is 0 Å². The van der Waals surface area contributed by atoms with Crippen molar-refractivity contribution < 1.29 is 19.4 Å². The zero-order valence-electron chi connectivity index (χ0n) is 10.1. The third-order valence-corrected chi connectivity index (χ3v) is 2.93. The van der Waals surface area contributed by atoms with Crippen LogP contribution in [0.4, 0.5) is 4.39 Å². The smallest absolute Gasteiger partial charge is 0.216 e. The Morgan fingerprint density at radius 3 is 2.67 bits per heavy atom. The standard InChI is InChI=1S/C12H15ClFNO3/c1-6-3-8(10(14)4-9(6)13)12(18)11(17)5-15-7(2)16/h3-4,11-12,17-18H,5H2,1-2H3,(H,15,16). The van der Waals surface area contributed by atoms with Gasteiger partial charge >= 0.3 is 0 Å². The minimum Gasteiger partial charge on any atom is -0.388 e. The number of nitrogens with one attached hydrogen (secondary N) is 1. The van der Waals surface area contributed by atoms with E-state index in [1.165, 1.54) is 13.0 Å². The highest BCUT2D eigenvalue weighted by molar-refractivity contribution is 6.31.